The van der Waals surface area contributed by atoms with Gasteiger partial charge in [0.1, 0.15) is 5.75 Å². The minimum Gasteiger partial charge on any atom is -0.561 e. The summed E-state index contributed by atoms with van der Waals surface area (Å²) in [5.74, 6) is -0.963. The fourth-order valence-corrected chi connectivity index (χ4v) is 0.784. The first-order chi connectivity index (χ1) is 5.54. The molecule has 0 bridgehead atoms. The minimum atomic E-state index is -0.679. The van der Waals surface area contributed by atoms with Crippen LogP contribution in [0.2, 0.25) is 0 Å². The molecule has 0 aliphatic heterocycles. The number of benzene rings is 1. The summed E-state index contributed by atoms with van der Waals surface area (Å²) in [6, 6.07) is 2.12. The van der Waals surface area contributed by atoms with Crippen LogP contribution in [0.3, 0.4) is 0 Å². The SMILES string of the molecule is [CH2-]c1c([N+](=O)[O-])ccc(O)c1O.[Y]. The molecule has 0 spiro atoms. The Morgan fingerprint density at radius 3 is 2.38 bits per heavy atom. The number of phenolic OH excluding ortho intramolecular Hbond substituents is 2. The maximum absolute atomic E-state index is 10.3. The second-order valence-corrected chi connectivity index (χ2v) is 2.19. The van der Waals surface area contributed by atoms with Gasteiger partial charge >= 0.3 is 0 Å². The van der Waals surface area contributed by atoms with E-state index in [1.807, 2.05) is 0 Å². The molecule has 5 nitrogen and oxygen atoms in total. The van der Waals surface area contributed by atoms with Gasteiger partial charge in [0.15, 0.2) is 5.69 Å². The first-order valence-electron chi connectivity index (χ1n) is 3.05. The monoisotopic (exact) mass is 257 g/mol. The third-order valence-electron chi connectivity index (χ3n) is 1.43. The minimum absolute atomic E-state index is 0. The number of nitro benzene ring substituents is 1. The van der Waals surface area contributed by atoms with E-state index in [0.29, 0.717) is 0 Å². The molecule has 67 valence electrons. The molecule has 0 atom stereocenters. The molecule has 1 aromatic rings. The van der Waals surface area contributed by atoms with Gasteiger partial charge in [-0.25, -0.2) is 0 Å². The van der Waals surface area contributed by atoms with Gasteiger partial charge in [-0.05, 0) is 12.1 Å². The van der Waals surface area contributed by atoms with Gasteiger partial charge in [0, 0.05) is 37.6 Å². The zero-order valence-corrected chi connectivity index (χ0v) is 9.44. The van der Waals surface area contributed by atoms with E-state index in [9.17, 15) is 10.1 Å². The predicted octanol–water partition coefficient (Wildman–Crippen LogP) is 1.19. The Hall–Kier alpha value is -0.806. The summed E-state index contributed by atoms with van der Waals surface area (Å²) in [6.07, 6.45) is 0. The number of rotatable bonds is 1. The largest absolute Gasteiger partial charge is 0.561 e. The van der Waals surface area contributed by atoms with Crippen LogP contribution in [-0.4, -0.2) is 15.1 Å². The molecule has 0 amide bonds. The van der Waals surface area contributed by atoms with E-state index in [2.05, 4.69) is 6.92 Å². The normalized spacial score (nSPS) is 8.92. The number of hydrogen-bond acceptors (Lipinski definition) is 4. The number of hydrogen-bond donors (Lipinski definition) is 2. The molecule has 13 heavy (non-hydrogen) atoms. The quantitative estimate of drug-likeness (QED) is 0.342. The van der Waals surface area contributed by atoms with Gasteiger partial charge in [-0.1, -0.05) is 5.56 Å². The van der Waals surface area contributed by atoms with Gasteiger partial charge in [-0.2, -0.15) is 6.92 Å². The van der Waals surface area contributed by atoms with Crippen molar-refractivity contribution in [3.63, 3.8) is 0 Å². The number of nitrogens with zero attached hydrogens (tertiary/aromatic N) is 1. The van der Waals surface area contributed by atoms with Crippen LogP contribution in [0.4, 0.5) is 5.69 Å². The van der Waals surface area contributed by atoms with Crippen LogP contribution < -0.4 is 0 Å². The zero-order chi connectivity index (χ0) is 9.30. The first-order valence-corrected chi connectivity index (χ1v) is 3.05. The van der Waals surface area contributed by atoms with Crippen molar-refractivity contribution in [1.82, 2.24) is 0 Å². The Kier molecular flexibility index (Phi) is 4.16. The summed E-state index contributed by atoms with van der Waals surface area (Å²) >= 11 is 0. The molecule has 1 radical (unpaired) electrons. The van der Waals surface area contributed by atoms with E-state index in [0.717, 1.165) is 12.1 Å². The van der Waals surface area contributed by atoms with Gasteiger partial charge in [-0.15, -0.1) is 0 Å². The molecule has 0 aliphatic rings. The third-order valence-corrected chi connectivity index (χ3v) is 1.43. The summed E-state index contributed by atoms with van der Waals surface area (Å²) < 4.78 is 0. The summed E-state index contributed by atoms with van der Waals surface area (Å²) in [6.45, 7) is 3.25. The molecule has 0 heterocycles. The van der Waals surface area contributed by atoms with E-state index >= 15 is 0 Å². The smallest absolute Gasteiger partial charge is 0.173 e. The Morgan fingerprint density at radius 2 is 1.92 bits per heavy atom. The average molecular weight is 257 g/mol. The summed E-state index contributed by atoms with van der Waals surface area (Å²) in [5.41, 5.74) is -0.495. The van der Waals surface area contributed by atoms with Gasteiger partial charge in [0.2, 0.25) is 0 Å². The third kappa shape index (κ3) is 2.32. The summed E-state index contributed by atoms with van der Waals surface area (Å²) in [4.78, 5) is 9.58. The molecule has 0 aliphatic carbocycles. The van der Waals surface area contributed by atoms with Crippen molar-refractivity contribution in [2.75, 3.05) is 0 Å². The molecular weight excluding hydrogens is 251 g/mol. The van der Waals surface area contributed by atoms with Crippen molar-refractivity contribution in [1.29, 1.82) is 0 Å². The second kappa shape index (κ2) is 4.44. The number of phenols is 2. The second-order valence-electron chi connectivity index (χ2n) is 2.19. The van der Waals surface area contributed by atoms with Crippen LogP contribution in [0, 0.1) is 17.0 Å². The van der Waals surface area contributed by atoms with Crippen molar-refractivity contribution in [3.05, 3.63) is 34.7 Å². The molecule has 0 saturated heterocycles. The molecule has 1 aromatic carbocycles. The van der Waals surface area contributed by atoms with Crippen LogP contribution >= 0.6 is 0 Å². The molecule has 0 fully saturated rings. The summed E-state index contributed by atoms with van der Waals surface area (Å²) in [7, 11) is 0. The first kappa shape index (κ1) is 12.2. The Balaban J connectivity index is 0.00000144. The van der Waals surface area contributed by atoms with Crippen molar-refractivity contribution >= 4 is 5.69 Å². The molecule has 6 heteroatoms. The number of nitro groups is 1. The van der Waals surface area contributed by atoms with E-state index in [1.54, 1.807) is 0 Å². The molecule has 2 N–H and O–H groups in total. The zero-order valence-electron chi connectivity index (χ0n) is 6.60. The van der Waals surface area contributed by atoms with Crippen LogP contribution in [-0.2, 0) is 32.7 Å². The van der Waals surface area contributed by atoms with Crippen molar-refractivity contribution in [3.8, 4) is 11.5 Å². The van der Waals surface area contributed by atoms with Crippen molar-refractivity contribution in [2.24, 2.45) is 0 Å². The van der Waals surface area contributed by atoms with Gasteiger partial charge in [0.05, 0.1) is 5.75 Å². The average Bonchev–Trinajstić information content (AvgIpc) is 2.00. The van der Waals surface area contributed by atoms with Crippen molar-refractivity contribution < 1.29 is 47.8 Å². The topological polar surface area (TPSA) is 83.6 Å². The van der Waals surface area contributed by atoms with Crippen LogP contribution in [0.5, 0.6) is 11.5 Å². The molecule has 0 unspecified atom stereocenters. The fourth-order valence-electron chi connectivity index (χ4n) is 0.784. The van der Waals surface area contributed by atoms with Gasteiger partial charge in [-0.3, -0.25) is 10.1 Å². The Bertz CT molecular complexity index is 340. The van der Waals surface area contributed by atoms with Crippen LogP contribution in [0.1, 0.15) is 5.56 Å². The number of aromatic hydroxyl groups is 2. The van der Waals surface area contributed by atoms with E-state index in [4.69, 9.17) is 10.2 Å². The standard InChI is InChI=1S/C7H6NO4.Y/c1-4-5(8(11)12)2-3-6(9)7(4)10;/h2-3,9-10H,1H2;/q-1;. The molecular formula is C7H6NO4Y-. The van der Waals surface area contributed by atoms with Crippen LogP contribution in [0.25, 0.3) is 0 Å². The Morgan fingerprint density at radius 1 is 1.38 bits per heavy atom. The fraction of sp³-hybridized carbons (Fsp3) is 0. The summed E-state index contributed by atoms with van der Waals surface area (Å²) in [5, 5.41) is 28.2. The van der Waals surface area contributed by atoms with E-state index < -0.39 is 16.4 Å². The maximum Gasteiger partial charge on any atom is 0.173 e. The Labute approximate surface area is 99.4 Å². The predicted molar refractivity (Wildman–Crippen MR) is 40.9 cm³/mol. The van der Waals surface area contributed by atoms with E-state index in [-0.39, 0.29) is 44.0 Å². The van der Waals surface area contributed by atoms with E-state index in [1.165, 1.54) is 0 Å². The van der Waals surface area contributed by atoms with Crippen molar-refractivity contribution in [2.45, 2.75) is 0 Å². The molecule has 1 rings (SSSR count). The van der Waals surface area contributed by atoms with Crippen LogP contribution in [0.15, 0.2) is 12.1 Å². The molecule has 0 aromatic heterocycles. The molecule has 0 saturated carbocycles. The van der Waals surface area contributed by atoms with Gasteiger partial charge < -0.3 is 10.2 Å². The van der Waals surface area contributed by atoms with Gasteiger partial charge in [0.25, 0.3) is 0 Å². The maximum atomic E-state index is 10.3.